The Hall–Kier alpha value is -3.91. The van der Waals surface area contributed by atoms with Crippen molar-refractivity contribution in [3.05, 3.63) is 95.9 Å². The van der Waals surface area contributed by atoms with Gasteiger partial charge in [-0.2, -0.15) is 5.26 Å². The van der Waals surface area contributed by atoms with Crippen molar-refractivity contribution in [2.45, 2.75) is 0 Å². The zero-order chi connectivity index (χ0) is 26.4. The molecule has 0 aliphatic rings. The number of hydrogen-bond acceptors (Lipinski definition) is 7. The van der Waals surface area contributed by atoms with E-state index in [-0.39, 0.29) is 43.9 Å². The summed E-state index contributed by atoms with van der Waals surface area (Å²) >= 11 is 15.4. The van der Waals surface area contributed by atoms with Crippen LogP contribution in [0, 0.1) is 21.4 Å². The van der Waals surface area contributed by atoms with Gasteiger partial charge in [0.15, 0.2) is 0 Å². The molecule has 0 saturated carbocycles. The molecule has 1 N–H and O–H groups in total. The summed E-state index contributed by atoms with van der Waals surface area (Å²) in [5.41, 5.74) is -0.333. The van der Waals surface area contributed by atoms with Crippen LogP contribution in [-0.4, -0.2) is 23.9 Å². The van der Waals surface area contributed by atoms with E-state index in [9.17, 15) is 25.0 Å². The fraction of sp³-hybridized carbons (Fsp3) is 0.0417. The average molecular weight is 591 g/mol. The third-order valence-electron chi connectivity index (χ3n) is 4.64. The van der Waals surface area contributed by atoms with Crippen LogP contribution in [0.5, 0.6) is 11.5 Å². The number of carbonyl (C=O) groups excluding carboxylic acids is 2. The molecule has 3 aromatic rings. The number of non-ortho nitro benzene ring substituents is 1. The summed E-state index contributed by atoms with van der Waals surface area (Å²) in [7, 11) is 1.50. The highest BCUT2D eigenvalue weighted by molar-refractivity contribution is 9.10. The Morgan fingerprint density at radius 1 is 1.11 bits per heavy atom. The maximum atomic E-state index is 12.8. The lowest BCUT2D eigenvalue weighted by Crippen LogP contribution is -2.14. The van der Waals surface area contributed by atoms with Crippen molar-refractivity contribution in [1.82, 2.24) is 0 Å². The molecule has 0 aliphatic carbocycles. The molecule has 0 aliphatic heterocycles. The lowest BCUT2D eigenvalue weighted by molar-refractivity contribution is -0.384. The van der Waals surface area contributed by atoms with Gasteiger partial charge in [0.05, 0.1) is 33.3 Å². The lowest BCUT2D eigenvalue weighted by atomic mass is 10.1. The summed E-state index contributed by atoms with van der Waals surface area (Å²) in [4.78, 5) is 35.7. The number of nitriles is 1. The SMILES string of the molecule is COc1ccc(C(=O)Oc2ccc(Br)cc2/C=C(\C#N)C(=O)Nc2c(Cl)cc([N+](=O)[O-])cc2Cl)cc1. The molecular formula is C24H14BrCl2N3O6. The Kier molecular flexibility index (Phi) is 8.66. The molecular weight excluding hydrogens is 577 g/mol. The van der Waals surface area contributed by atoms with Gasteiger partial charge in [-0.1, -0.05) is 39.1 Å². The topological polar surface area (TPSA) is 132 Å². The zero-order valence-corrected chi connectivity index (χ0v) is 21.3. The van der Waals surface area contributed by atoms with Gasteiger partial charge in [0, 0.05) is 22.2 Å². The summed E-state index contributed by atoms with van der Waals surface area (Å²) in [6.45, 7) is 0. The Morgan fingerprint density at radius 2 is 1.75 bits per heavy atom. The number of carbonyl (C=O) groups is 2. The van der Waals surface area contributed by atoms with E-state index >= 15 is 0 Å². The number of nitro benzene ring substituents is 1. The predicted molar refractivity (Wildman–Crippen MR) is 137 cm³/mol. The fourth-order valence-corrected chi connectivity index (χ4v) is 3.83. The molecule has 0 atom stereocenters. The van der Waals surface area contributed by atoms with Crippen molar-refractivity contribution in [2.24, 2.45) is 0 Å². The number of nitro groups is 1. The van der Waals surface area contributed by atoms with E-state index in [1.165, 1.54) is 31.4 Å². The largest absolute Gasteiger partial charge is 0.497 e. The molecule has 0 fully saturated rings. The second kappa shape index (κ2) is 11.7. The molecule has 0 bridgehead atoms. The van der Waals surface area contributed by atoms with Crippen LogP contribution in [0.3, 0.4) is 0 Å². The maximum Gasteiger partial charge on any atom is 0.343 e. The van der Waals surface area contributed by atoms with Crippen LogP contribution in [0.4, 0.5) is 11.4 Å². The molecule has 0 unspecified atom stereocenters. The first-order valence-corrected chi connectivity index (χ1v) is 11.4. The highest BCUT2D eigenvalue weighted by atomic mass is 79.9. The number of hydrogen-bond donors (Lipinski definition) is 1. The van der Waals surface area contributed by atoms with Gasteiger partial charge in [-0.05, 0) is 48.5 Å². The number of rotatable bonds is 7. The summed E-state index contributed by atoms with van der Waals surface area (Å²) < 4.78 is 11.2. The standard InChI is InChI=1S/C24H14BrCl2N3O6/c1-35-18-5-2-13(3-6-18)24(32)36-21-7-4-16(25)9-14(21)8-15(12-28)23(31)29-22-19(26)10-17(30(33)34)11-20(22)27/h2-11H,1H3,(H,29,31)/b15-8+. The number of methoxy groups -OCH3 is 1. The number of nitrogens with zero attached hydrogens (tertiary/aromatic N) is 2. The smallest absolute Gasteiger partial charge is 0.343 e. The Morgan fingerprint density at radius 3 is 2.31 bits per heavy atom. The Bertz CT molecular complexity index is 1410. The van der Waals surface area contributed by atoms with Crippen LogP contribution in [0.25, 0.3) is 6.08 Å². The lowest BCUT2D eigenvalue weighted by Gasteiger charge is -2.11. The first kappa shape index (κ1) is 26.7. The summed E-state index contributed by atoms with van der Waals surface area (Å²) in [6, 6.07) is 14.7. The van der Waals surface area contributed by atoms with Crippen molar-refractivity contribution in [2.75, 3.05) is 12.4 Å². The number of benzene rings is 3. The summed E-state index contributed by atoms with van der Waals surface area (Å²) in [5.74, 6) is -0.896. The van der Waals surface area contributed by atoms with Crippen LogP contribution < -0.4 is 14.8 Å². The zero-order valence-electron chi connectivity index (χ0n) is 18.3. The highest BCUT2D eigenvalue weighted by Crippen LogP contribution is 2.35. The van der Waals surface area contributed by atoms with E-state index in [2.05, 4.69) is 21.2 Å². The van der Waals surface area contributed by atoms with E-state index in [1.54, 1.807) is 30.3 Å². The van der Waals surface area contributed by atoms with Gasteiger partial charge < -0.3 is 14.8 Å². The number of anilines is 1. The summed E-state index contributed by atoms with van der Waals surface area (Å²) in [6.07, 6.45) is 1.21. The molecule has 9 nitrogen and oxygen atoms in total. The van der Waals surface area contributed by atoms with Crippen LogP contribution in [0.15, 0.2) is 64.6 Å². The molecule has 0 radical (unpaired) electrons. The molecule has 3 rings (SSSR count). The fourth-order valence-electron chi connectivity index (χ4n) is 2.88. The van der Waals surface area contributed by atoms with E-state index in [1.807, 2.05) is 0 Å². The number of ether oxygens (including phenoxy) is 2. The average Bonchev–Trinajstić information content (AvgIpc) is 2.85. The third-order valence-corrected chi connectivity index (χ3v) is 5.73. The van der Waals surface area contributed by atoms with E-state index in [4.69, 9.17) is 32.7 Å². The molecule has 0 saturated heterocycles. The number of amides is 1. The first-order chi connectivity index (χ1) is 17.1. The second-order valence-corrected chi connectivity index (χ2v) is 8.70. The minimum Gasteiger partial charge on any atom is -0.497 e. The van der Waals surface area contributed by atoms with Crippen molar-refractivity contribution in [3.8, 4) is 17.6 Å². The molecule has 12 heteroatoms. The van der Waals surface area contributed by atoms with Gasteiger partial charge in [-0.3, -0.25) is 14.9 Å². The number of halogens is 3. The van der Waals surface area contributed by atoms with Crippen molar-refractivity contribution in [1.29, 1.82) is 5.26 Å². The molecule has 1 amide bonds. The minimum atomic E-state index is -0.887. The van der Waals surface area contributed by atoms with Gasteiger partial charge in [-0.25, -0.2) is 4.79 Å². The minimum absolute atomic E-state index is 0.0889. The van der Waals surface area contributed by atoms with Gasteiger partial charge in [0.1, 0.15) is 23.1 Å². The van der Waals surface area contributed by atoms with Gasteiger partial charge in [0.2, 0.25) is 0 Å². The van der Waals surface area contributed by atoms with Gasteiger partial charge in [0.25, 0.3) is 11.6 Å². The van der Waals surface area contributed by atoms with Crippen LogP contribution >= 0.6 is 39.1 Å². The number of esters is 1. The normalized spacial score (nSPS) is 10.8. The van der Waals surface area contributed by atoms with Crippen molar-refractivity contribution >= 4 is 68.5 Å². The third kappa shape index (κ3) is 6.40. The second-order valence-electron chi connectivity index (χ2n) is 6.97. The molecule has 0 aromatic heterocycles. The van der Waals surface area contributed by atoms with Crippen molar-refractivity contribution in [3.63, 3.8) is 0 Å². The van der Waals surface area contributed by atoms with E-state index in [0.29, 0.717) is 10.2 Å². The molecule has 0 spiro atoms. The quantitative estimate of drug-likeness (QED) is 0.0836. The highest BCUT2D eigenvalue weighted by Gasteiger charge is 2.19. The predicted octanol–water partition coefficient (Wildman–Crippen LogP) is 6.44. The summed E-state index contributed by atoms with van der Waals surface area (Å²) in [5, 5.41) is 22.6. The van der Waals surface area contributed by atoms with E-state index in [0.717, 1.165) is 12.1 Å². The monoisotopic (exact) mass is 589 g/mol. The Balaban J connectivity index is 1.90. The molecule has 36 heavy (non-hydrogen) atoms. The van der Waals surface area contributed by atoms with Crippen LogP contribution in [0.1, 0.15) is 15.9 Å². The van der Waals surface area contributed by atoms with Crippen molar-refractivity contribution < 1.29 is 24.0 Å². The van der Waals surface area contributed by atoms with Gasteiger partial charge in [-0.15, -0.1) is 0 Å². The van der Waals surface area contributed by atoms with E-state index < -0.39 is 16.8 Å². The molecule has 0 heterocycles. The number of nitrogens with one attached hydrogen (secondary N) is 1. The van der Waals surface area contributed by atoms with Crippen LogP contribution in [-0.2, 0) is 4.79 Å². The van der Waals surface area contributed by atoms with Crippen LogP contribution in [0.2, 0.25) is 10.0 Å². The first-order valence-electron chi connectivity index (χ1n) is 9.85. The molecule has 182 valence electrons. The maximum absolute atomic E-state index is 12.8. The Labute approximate surface area is 223 Å². The van der Waals surface area contributed by atoms with Gasteiger partial charge >= 0.3 is 5.97 Å². The molecule has 3 aromatic carbocycles.